The van der Waals surface area contributed by atoms with Crippen molar-refractivity contribution in [2.24, 2.45) is 5.73 Å². The van der Waals surface area contributed by atoms with Crippen LogP contribution in [0.3, 0.4) is 0 Å². The van der Waals surface area contributed by atoms with Crippen LogP contribution >= 0.6 is 0 Å². The third kappa shape index (κ3) is 2.54. The third-order valence-corrected chi connectivity index (χ3v) is 3.86. The first-order valence-electron chi connectivity index (χ1n) is 6.73. The number of nitrogens with zero attached hydrogens (tertiary/aromatic N) is 1. The van der Waals surface area contributed by atoms with E-state index >= 15 is 0 Å². The molecule has 0 aliphatic carbocycles. The zero-order valence-corrected chi connectivity index (χ0v) is 11.2. The van der Waals surface area contributed by atoms with E-state index in [1.165, 1.54) is 5.56 Å². The Balaban J connectivity index is 1.74. The maximum absolute atomic E-state index is 5.69. The Labute approximate surface area is 113 Å². The minimum absolute atomic E-state index is 0.144. The fraction of sp³-hybridized carbons (Fsp3) is 0.571. The summed E-state index contributed by atoms with van der Waals surface area (Å²) in [6.45, 7) is 5.66. The molecule has 5 nitrogen and oxygen atoms in total. The average molecular weight is 264 g/mol. The highest BCUT2D eigenvalue weighted by Gasteiger charge is 2.25. The van der Waals surface area contributed by atoms with Gasteiger partial charge in [-0.3, -0.25) is 4.90 Å². The molecule has 3 rings (SSSR count). The van der Waals surface area contributed by atoms with E-state index in [-0.39, 0.29) is 6.10 Å². The van der Waals surface area contributed by atoms with Crippen LogP contribution in [-0.4, -0.2) is 44.0 Å². The number of hydrogen-bond donors (Lipinski definition) is 1. The minimum atomic E-state index is 0.144. The van der Waals surface area contributed by atoms with Crippen LogP contribution in [0.5, 0.6) is 11.5 Å². The fourth-order valence-electron chi connectivity index (χ4n) is 2.62. The molecular weight excluding hydrogens is 244 g/mol. The Morgan fingerprint density at radius 1 is 1.37 bits per heavy atom. The first kappa shape index (κ1) is 12.7. The molecule has 0 aromatic heterocycles. The van der Waals surface area contributed by atoms with Crippen molar-refractivity contribution in [1.82, 2.24) is 4.90 Å². The molecule has 2 heterocycles. The molecule has 2 atom stereocenters. The molecule has 0 amide bonds. The van der Waals surface area contributed by atoms with Crippen LogP contribution in [0.1, 0.15) is 18.5 Å². The van der Waals surface area contributed by atoms with Gasteiger partial charge in [0.25, 0.3) is 0 Å². The number of rotatable bonds is 3. The second-order valence-corrected chi connectivity index (χ2v) is 5.01. The SMILES string of the molecule is CC(c1ccc2c(c1)OCO2)N1CCOC(CN)C1. The highest BCUT2D eigenvalue weighted by Crippen LogP contribution is 2.35. The van der Waals surface area contributed by atoms with Crippen LogP contribution in [0.15, 0.2) is 18.2 Å². The quantitative estimate of drug-likeness (QED) is 0.887. The van der Waals surface area contributed by atoms with Gasteiger partial charge in [0.2, 0.25) is 6.79 Å². The minimum Gasteiger partial charge on any atom is -0.454 e. The van der Waals surface area contributed by atoms with E-state index in [1.807, 2.05) is 6.07 Å². The monoisotopic (exact) mass is 264 g/mol. The molecule has 5 heteroatoms. The first-order valence-corrected chi connectivity index (χ1v) is 6.73. The Kier molecular flexibility index (Phi) is 3.59. The molecule has 0 bridgehead atoms. The van der Waals surface area contributed by atoms with E-state index in [4.69, 9.17) is 19.9 Å². The second kappa shape index (κ2) is 5.36. The zero-order valence-electron chi connectivity index (χ0n) is 11.2. The molecule has 0 radical (unpaired) electrons. The van der Waals surface area contributed by atoms with Crippen molar-refractivity contribution in [3.63, 3.8) is 0 Å². The molecule has 1 fully saturated rings. The van der Waals surface area contributed by atoms with E-state index in [0.717, 1.165) is 31.2 Å². The van der Waals surface area contributed by atoms with Gasteiger partial charge in [0.15, 0.2) is 11.5 Å². The van der Waals surface area contributed by atoms with Crippen LogP contribution in [0, 0.1) is 0 Å². The lowest BCUT2D eigenvalue weighted by atomic mass is 10.0. The first-order chi connectivity index (χ1) is 9.28. The maximum atomic E-state index is 5.69. The standard InChI is InChI=1S/C14H20N2O3/c1-10(16-4-5-17-12(7-15)8-16)11-2-3-13-14(6-11)19-9-18-13/h2-3,6,10,12H,4-5,7-9,15H2,1H3. The fourth-order valence-corrected chi connectivity index (χ4v) is 2.62. The van der Waals surface area contributed by atoms with Gasteiger partial charge in [0.1, 0.15) is 0 Å². The third-order valence-electron chi connectivity index (χ3n) is 3.86. The summed E-state index contributed by atoms with van der Waals surface area (Å²) in [4.78, 5) is 2.40. The van der Waals surface area contributed by atoms with E-state index < -0.39 is 0 Å². The second-order valence-electron chi connectivity index (χ2n) is 5.01. The smallest absolute Gasteiger partial charge is 0.231 e. The normalized spacial score (nSPS) is 24.4. The summed E-state index contributed by atoms with van der Waals surface area (Å²) < 4.78 is 16.4. The van der Waals surface area contributed by atoms with Gasteiger partial charge < -0.3 is 19.9 Å². The van der Waals surface area contributed by atoms with Crippen LogP contribution in [0.2, 0.25) is 0 Å². The highest BCUT2D eigenvalue weighted by atomic mass is 16.7. The number of benzene rings is 1. The average Bonchev–Trinajstić information content (AvgIpc) is 2.94. The van der Waals surface area contributed by atoms with Gasteiger partial charge in [-0.1, -0.05) is 6.07 Å². The van der Waals surface area contributed by atoms with Gasteiger partial charge in [0.05, 0.1) is 12.7 Å². The molecule has 1 aromatic carbocycles. The van der Waals surface area contributed by atoms with Gasteiger partial charge in [-0.2, -0.15) is 0 Å². The molecule has 1 saturated heterocycles. The van der Waals surface area contributed by atoms with Crippen LogP contribution < -0.4 is 15.2 Å². The molecule has 2 aliphatic rings. The van der Waals surface area contributed by atoms with Crippen LogP contribution in [0.25, 0.3) is 0 Å². The molecule has 0 spiro atoms. The molecule has 1 aromatic rings. The van der Waals surface area contributed by atoms with Crippen LogP contribution in [-0.2, 0) is 4.74 Å². The Morgan fingerprint density at radius 3 is 3.05 bits per heavy atom. The van der Waals surface area contributed by atoms with E-state index in [0.29, 0.717) is 19.4 Å². The predicted octanol–water partition coefficient (Wildman–Crippen LogP) is 1.14. The molecule has 2 N–H and O–H groups in total. The molecular formula is C14H20N2O3. The van der Waals surface area contributed by atoms with E-state index in [1.54, 1.807) is 0 Å². The Morgan fingerprint density at radius 2 is 2.21 bits per heavy atom. The van der Waals surface area contributed by atoms with Crippen molar-refractivity contribution in [2.45, 2.75) is 19.1 Å². The summed E-state index contributed by atoms with van der Waals surface area (Å²) in [5, 5.41) is 0. The van der Waals surface area contributed by atoms with Gasteiger partial charge in [0, 0.05) is 25.7 Å². The van der Waals surface area contributed by atoms with Crippen molar-refractivity contribution in [1.29, 1.82) is 0 Å². The number of hydrogen-bond acceptors (Lipinski definition) is 5. The van der Waals surface area contributed by atoms with E-state index in [9.17, 15) is 0 Å². The Hall–Kier alpha value is -1.30. The van der Waals surface area contributed by atoms with Gasteiger partial charge in [-0.15, -0.1) is 0 Å². The van der Waals surface area contributed by atoms with Crippen molar-refractivity contribution in [3.05, 3.63) is 23.8 Å². The molecule has 2 unspecified atom stereocenters. The number of morpholine rings is 1. The Bertz CT molecular complexity index is 452. The summed E-state index contributed by atoms with van der Waals surface area (Å²) in [5.74, 6) is 1.67. The summed E-state index contributed by atoms with van der Waals surface area (Å²) in [5.41, 5.74) is 6.93. The number of nitrogens with two attached hydrogens (primary N) is 1. The van der Waals surface area contributed by atoms with Gasteiger partial charge in [-0.05, 0) is 24.6 Å². The van der Waals surface area contributed by atoms with Crippen molar-refractivity contribution >= 4 is 0 Å². The zero-order chi connectivity index (χ0) is 13.2. The van der Waals surface area contributed by atoms with Gasteiger partial charge >= 0.3 is 0 Å². The molecule has 19 heavy (non-hydrogen) atoms. The number of ether oxygens (including phenoxy) is 3. The lowest BCUT2D eigenvalue weighted by Crippen LogP contribution is -2.46. The highest BCUT2D eigenvalue weighted by molar-refractivity contribution is 5.45. The summed E-state index contributed by atoms with van der Waals surface area (Å²) in [6, 6.07) is 6.48. The molecule has 0 saturated carbocycles. The number of fused-ring (bicyclic) bond motifs is 1. The van der Waals surface area contributed by atoms with Crippen molar-refractivity contribution < 1.29 is 14.2 Å². The van der Waals surface area contributed by atoms with Crippen molar-refractivity contribution in [3.8, 4) is 11.5 Å². The van der Waals surface area contributed by atoms with Crippen LogP contribution in [0.4, 0.5) is 0 Å². The molecule has 2 aliphatic heterocycles. The lowest BCUT2D eigenvalue weighted by molar-refractivity contribution is -0.0364. The topological polar surface area (TPSA) is 57.0 Å². The molecule has 104 valence electrons. The summed E-state index contributed by atoms with van der Waals surface area (Å²) in [6.07, 6.45) is 0.144. The van der Waals surface area contributed by atoms with E-state index in [2.05, 4.69) is 24.0 Å². The maximum Gasteiger partial charge on any atom is 0.231 e. The largest absolute Gasteiger partial charge is 0.454 e. The van der Waals surface area contributed by atoms with Gasteiger partial charge in [-0.25, -0.2) is 0 Å². The predicted molar refractivity (Wildman–Crippen MR) is 71.3 cm³/mol. The summed E-state index contributed by atoms with van der Waals surface area (Å²) in [7, 11) is 0. The lowest BCUT2D eigenvalue weighted by Gasteiger charge is -2.36. The van der Waals surface area contributed by atoms with Crippen molar-refractivity contribution in [2.75, 3.05) is 33.0 Å². The summed E-state index contributed by atoms with van der Waals surface area (Å²) >= 11 is 0.